The molecule has 0 N–H and O–H groups in total. The first-order valence-corrected chi connectivity index (χ1v) is 21.5. The van der Waals surface area contributed by atoms with Crippen LogP contribution in [-0.2, 0) is 0 Å². The van der Waals surface area contributed by atoms with E-state index in [1.54, 1.807) is 0 Å². The third kappa shape index (κ3) is 5.67. The van der Waals surface area contributed by atoms with Gasteiger partial charge in [-0.25, -0.2) is 0 Å². The quantitative estimate of drug-likeness (QED) is 0.157. The molecule has 0 aliphatic rings. The summed E-state index contributed by atoms with van der Waals surface area (Å²) in [6.07, 6.45) is 0. The van der Waals surface area contributed by atoms with Crippen molar-refractivity contribution in [1.82, 2.24) is 0 Å². The molecule has 0 aliphatic carbocycles. The summed E-state index contributed by atoms with van der Waals surface area (Å²) in [6.45, 7) is 0. The van der Waals surface area contributed by atoms with E-state index in [0.717, 1.165) is 88.6 Å². The van der Waals surface area contributed by atoms with Gasteiger partial charge >= 0.3 is 0 Å². The van der Waals surface area contributed by atoms with E-state index in [4.69, 9.17) is 8.83 Å². The van der Waals surface area contributed by atoms with Gasteiger partial charge in [0.1, 0.15) is 22.3 Å². The lowest BCUT2D eigenvalue weighted by Gasteiger charge is -2.26. The van der Waals surface area contributed by atoms with Crippen LogP contribution in [0.3, 0.4) is 0 Å². The molecule has 0 saturated heterocycles. The van der Waals surface area contributed by atoms with Crippen LogP contribution in [-0.4, -0.2) is 0 Å². The molecule has 0 amide bonds. The summed E-state index contributed by atoms with van der Waals surface area (Å²) >= 11 is 0. The van der Waals surface area contributed by atoms with Crippen molar-refractivity contribution in [1.29, 1.82) is 0 Å². The number of fused-ring (bicyclic) bond motifs is 11. The van der Waals surface area contributed by atoms with Crippen molar-refractivity contribution in [3.05, 3.63) is 224 Å². The van der Waals surface area contributed by atoms with Crippen molar-refractivity contribution in [2.24, 2.45) is 0 Å². The first-order chi connectivity index (χ1) is 31.2. The zero-order valence-electron chi connectivity index (χ0n) is 34.1. The molecule has 294 valence electrons. The van der Waals surface area contributed by atoms with Crippen LogP contribution in [0.4, 0.5) is 17.1 Å². The molecule has 0 bridgehead atoms. The maximum absolute atomic E-state index is 6.62. The molecule has 13 aromatic rings. The van der Waals surface area contributed by atoms with Crippen LogP contribution in [0.5, 0.6) is 0 Å². The highest BCUT2D eigenvalue weighted by molar-refractivity contribution is 6.19. The summed E-state index contributed by atoms with van der Waals surface area (Å²) in [4.78, 5) is 2.36. The van der Waals surface area contributed by atoms with Crippen LogP contribution >= 0.6 is 0 Å². The van der Waals surface area contributed by atoms with Gasteiger partial charge in [-0.1, -0.05) is 164 Å². The SMILES string of the molecule is c1cc(-c2cccc3oc4c5ccccc5ccc4c23)cc(N(c2ccc(-c3cc4ccccc4c4ccccc34)cc2)c2ccc(-c3cccc4c3oc3ccccc34)cc2)c1. The standard InChI is InChI=1S/C60H37NO2/c1-4-17-48-38(12-1)30-35-54-58-47(21-11-25-57(58)63-60(48)54)41-14-9-15-45(36-41)61(43-31-26-39(27-32-43)49-22-10-23-53-52-20-7-8-24-56(52)62-59(49)53)44-33-28-40(29-34-44)55-37-42-13-2-3-16-46(42)50-18-5-6-19-51(50)55/h1-37H. The summed E-state index contributed by atoms with van der Waals surface area (Å²) in [5, 5.41) is 11.8. The van der Waals surface area contributed by atoms with Gasteiger partial charge in [0.25, 0.3) is 0 Å². The lowest BCUT2D eigenvalue weighted by atomic mass is 9.93. The highest BCUT2D eigenvalue weighted by atomic mass is 16.3. The monoisotopic (exact) mass is 803 g/mol. The number of rotatable bonds is 6. The van der Waals surface area contributed by atoms with Gasteiger partial charge in [-0.05, 0) is 115 Å². The fourth-order valence-electron chi connectivity index (χ4n) is 9.90. The summed E-state index contributed by atoms with van der Waals surface area (Å²) in [5.41, 5.74) is 13.6. The van der Waals surface area contributed by atoms with E-state index in [2.05, 4.69) is 217 Å². The largest absolute Gasteiger partial charge is 0.455 e. The Bertz CT molecular complexity index is 3910. The summed E-state index contributed by atoms with van der Waals surface area (Å²) in [5.74, 6) is 0. The molecule has 0 spiro atoms. The van der Waals surface area contributed by atoms with E-state index >= 15 is 0 Å². The Balaban J connectivity index is 0.958. The molecule has 0 fully saturated rings. The van der Waals surface area contributed by atoms with Crippen LogP contribution in [0.2, 0.25) is 0 Å². The normalized spacial score (nSPS) is 11.8. The van der Waals surface area contributed by atoms with Crippen molar-refractivity contribution in [3.8, 4) is 33.4 Å². The molecule has 63 heavy (non-hydrogen) atoms. The molecule has 0 atom stereocenters. The molecule has 0 aliphatic heterocycles. The predicted octanol–water partition coefficient (Wildman–Crippen LogP) is 17.4. The maximum atomic E-state index is 6.62. The number of hydrogen-bond acceptors (Lipinski definition) is 3. The fraction of sp³-hybridized carbons (Fsp3) is 0. The van der Waals surface area contributed by atoms with E-state index in [-0.39, 0.29) is 0 Å². The maximum Gasteiger partial charge on any atom is 0.143 e. The van der Waals surface area contributed by atoms with E-state index in [1.165, 1.54) is 38.1 Å². The van der Waals surface area contributed by atoms with Gasteiger partial charge in [-0.3, -0.25) is 0 Å². The minimum absolute atomic E-state index is 0.882. The second-order valence-electron chi connectivity index (χ2n) is 16.4. The van der Waals surface area contributed by atoms with Crippen LogP contribution in [0.1, 0.15) is 0 Å². The third-order valence-electron chi connectivity index (χ3n) is 12.8. The molecule has 2 heterocycles. The Kier molecular flexibility index (Phi) is 7.91. The van der Waals surface area contributed by atoms with Crippen molar-refractivity contribution >= 4 is 93.3 Å². The summed E-state index contributed by atoms with van der Waals surface area (Å²) in [7, 11) is 0. The fourth-order valence-corrected chi connectivity index (χ4v) is 9.90. The van der Waals surface area contributed by atoms with E-state index < -0.39 is 0 Å². The van der Waals surface area contributed by atoms with Gasteiger partial charge in [0.15, 0.2) is 0 Å². The Hall–Kier alpha value is -8.40. The number of anilines is 3. The minimum Gasteiger partial charge on any atom is -0.455 e. The number of benzene rings is 11. The Morgan fingerprint density at radius 3 is 1.67 bits per heavy atom. The number of para-hydroxylation sites is 2. The molecule has 0 unspecified atom stereocenters. The van der Waals surface area contributed by atoms with E-state index in [9.17, 15) is 0 Å². The third-order valence-corrected chi connectivity index (χ3v) is 12.8. The molecule has 2 aromatic heterocycles. The van der Waals surface area contributed by atoms with Crippen molar-refractivity contribution < 1.29 is 8.83 Å². The topological polar surface area (TPSA) is 29.5 Å². The van der Waals surface area contributed by atoms with Crippen molar-refractivity contribution in [2.45, 2.75) is 0 Å². The lowest BCUT2D eigenvalue weighted by molar-refractivity contribution is 0.670. The van der Waals surface area contributed by atoms with E-state index in [1.807, 2.05) is 12.1 Å². The zero-order valence-corrected chi connectivity index (χ0v) is 34.1. The molecular formula is C60H37NO2. The molecule has 3 heteroatoms. The van der Waals surface area contributed by atoms with Crippen molar-refractivity contribution in [2.75, 3.05) is 4.90 Å². The van der Waals surface area contributed by atoms with Crippen LogP contribution in [0, 0.1) is 0 Å². The minimum atomic E-state index is 0.882. The van der Waals surface area contributed by atoms with Gasteiger partial charge in [0.2, 0.25) is 0 Å². The molecule has 0 saturated carbocycles. The highest BCUT2D eigenvalue weighted by Gasteiger charge is 2.19. The number of hydrogen-bond donors (Lipinski definition) is 0. The predicted molar refractivity (Wildman–Crippen MR) is 265 cm³/mol. The van der Waals surface area contributed by atoms with Gasteiger partial charge in [0, 0.05) is 49.6 Å². The Morgan fingerprint density at radius 2 is 0.857 bits per heavy atom. The molecule has 11 aromatic carbocycles. The highest BCUT2D eigenvalue weighted by Crippen LogP contribution is 2.44. The summed E-state index contributed by atoms with van der Waals surface area (Å²) < 4.78 is 13.1. The first-order valence-electron chi connectivity index (χ1n) is 21.5. The first kappa shape index (κ1) is 35.4. The van der Waals surface area contributed by atoms with Crippen LogP contribution in [0.25, 0.3) is 110 Å². The van der Waals surface area contributed by atoms with Gasteiger partial charge in [-0.2, -0.15) is 0 Å². The van der Waals surface area contributed by atoms with Crippen LogP contribution in [0.15, 0.2) is 233 Å². The number of furan rings is 2. The molecule has 0 radical (unpaired) electrons. The average molecular weight is 804 g/mol. The number of nitrogens with zero attached hydrogens (tertiary/aromatic N) is 1. The smallest absolute Gasteiger partial charge is 0.143 e. The average Bonchev–Trinajstić information content (AvgIpc) is 3.94. The molecule has 3 nitrogen and oxygen atoms in total. The van der Waals surface area contributed by atoms with Gasteiger partial charge in [0.05, 0.1) is 0 Å². The summed E-state index contributed by atoms with van der Waals surface area (Å²) in [6, 6.07) is 80.5. The van der Waals surface area contributed by atoms with E-state index in [0.29, 0.717) is 0 Å². The van der Waals surface area contributed by atoms with Gasteiger partial charge in [-0.15, -0.1) is 0 Å². The van der Waals surface area contributed by atoms with Gasteiger partial charge < -0.3 is 13.7 Å². The Labute approximate surface area is 363 Å². The lowest BCUT2D eigenvalue weighted by Crippen LogP contribution is -2.10. The van der Waals surface area contributed by atoms with Crippen molar-refractivity contribution in [3.63, 3.8) is 0 Å². The second kappa shape index (κ2) is 14.1. The zero-order chi connectivity index (χ0) is 41.4. The Morgan fingerprint density at radius 1 is 0.270 bits per heavy atom. The molecule has 13 rings (SSSR count). The van der Waals surface area contributed by atoms with Crippen LogP contribution < -0.4 is 4.90 Å². The molecular weight excluding hydrogens is 767 g/mol. The second-order valence-corrected chi connectivity index (χ2v) is 16.4.